The van der Waals surface area contributed by atoms with Crippen LogP contribution in [0.4, 0.5) is 0 Å². The van der Waals surface area contributed by atoms with Crippen molar-refractivity contribution < 1.29 is 38.4 Å². The molecule has 3 aliphatic heterocycles. The Morgan fingerprint density at radius 1 is 0.636 bits per heavy atom. The van der Waals surface area contributed by atoms with E-state index in [1.54, 1.807) is 39.8 Å². The molecule has 3 aliphatic rings. The van der Waals surface area contributed by atoms with Gasteiger partial charge in [0, 0.05) is 19.5 Å². The van der Waals surface area contributed by atoms with Crippen molar-refractivity contribution >= 4 is 47.3 Å². The van der Waals surface area contributed by atoms with Crippen LogP contribution in [0.5, 0.6) is 0 Å². The Labute approximate surface area is 322 Å². The van der Waals surface area contributed by atoms with Gasteiger partial charge < -0.3 is 42.1 Å². The summed E-state index contributed by atoms with van der Waals surface area (Å²) >= 11 is 0. The van der Waals surface area contributed by atoms with Gasteiger partial charge in [0.15, 0.2) is 0 Å². The van der Waals surface area contributed by atoms with Crippen LogP contribution in [-0.4, -0.2) is 112 Å². The van der Waals surface area contributed by atoms with Crippen LogP contribution in [0.2, 0.25) is 0 Å². The fourth-order valence-electron chi connectivity index (χ4n) is 7.50. The first-order valence-electron chi connectivity index (χ1n) is 19.4. The van der Waals surface area contributed by atoms with Crippen LogP contribution in [0.25, 0.3) is 0 Å². The third-order valence-electron chi connectivity index (χ3n) is 10.4. The van der Waals surface area contributed by atoms with Gasteiger partial charge >= 0.3 is 0 Å². The minimum absolute atomic E-state index is 0.0374. The maximum absolute atomic E-state index is 14.4. The van der Waals surface area contributed by atoms with E-state index in [1.807, 2.05) is 32.0 Å². The summed E-state index contributed by atoms with van der Waals surface area (Å²) in [4.78, 5) is 113. The van der Waals surface area contributed by atoms with Gasteiger partial charge in [-0.15, -0.1) is 0 Å². The summed E-state index contributed by atoms with van der Waals surface area (Å²) in [7, 11) is 0. The molecule has 1 aromatic rings. The van der Waals surface area contributed by atoms with E-state index < -0.39 is 108 Å². The molecule has 16 heteroatoms. The van der Waals surface area contributed by atoms with Gasteiger partial charge in [-0.05, 0) is 55.4 Å². The van der Waals surface area contributed by atoms with Crippen LogP contribution >= 0.6 is 0 Å². The Kier molecular flexibility index (Phi) is 14.8. The summed E-state index contributed by atoms with van der Waals surface area (Å²) < 4.78 is 0. The van der Waals surface area contributed by atoms with Crippen molar-refractivity contribution in [3.8, 4) is 0 Å². The predicted molar refractivity (Wildman–Crippen MR) is 202 cm³/mol. The standard InChI is InChI=1S/C39H58N8O8/c1-21(2)18-25-33(49)44-31(22(3)4)37(53)43-27(19-24-12-8-7-9-13-24)38(54)46-16-10-14-28(46)35(51)42-26(20-30(40)48)34(50)45-32(23(5)6)39(55)47-17-11-15-29(47)36(52)41-25/h7-9,12-13,21-23,25-29,31-32H,10-11,14-20H2,1-6H3,(H2,40,48)(H,41,52)(H,42,51)(H,43,53)(H,44,49)(H,45,50)/t25-,26-,27-,28-,29-,31-,32-/m0/s1. The molecule has 1 aromatic carbocycles. The summed E-state index contributed by atoms with van der Waals surface area (Å²) in [5.41, 5.74) is 6.24. The van der Waals surface area contributed by atoms with Crippen molar-refractivity contribution in [2.75, 3.05) is 13.1 Å². The van der Waals surface area contributed by atoms with Crippen molar-refractivity contribution in [3.63, 3.8) is 0 Å². The average molecular weight is 767 g/mol. The Bertz CT molecular complexity index is 1600. The number of nitrogens with two attached hydrogens (primary N) is 1. The second-order valence-corrected chi connectivity index (χ2v) is 16.0. The van der Waals surface area contributed by atoms with E-state index in [4.69, 9.17) is 5.73 Å². The van der Waals surface area contributed by atoms with Gasteiger partial charge in [-0.1, -0.05) is 71.9 Å². The van der Waals surface area contributed by atoms with E-state index in [0.717, 1.165) is 5.56 Å². The van der Waals surface area contributed by atoms with Crippen LogP contribution < -0.4 is 32.3 Å². The Hall–Kier alpha value is -5.02. The van der Waals surface area contributed by atoms with Crippen LogP contribution in [0.3, 0.4) is 0 Å². The molecule has 55 heavy (non-hydrogen) atoms. The summed E-state index contributed by atoms with van der Waals surface area (Å²) in [5, 5.41) is 13.8. The zero-order chi connectivity index (χ0) is 40.6. The highest BCUT2D eigenvalue weighted by atomic mass is 16.2. The largest absolute Gasteiger partial charge is 0.370 e. The Morgan fingerprint density at radius 2 is 1.13 bits per heavy atom. The number of amides is 8. The molecule has 0 bridgehead atoms. The van der Waals surface area contributed by atoms with E-state index in [2.05, 4.69) is 26.6 Å². The van der Waals surface area contributed by atoms with E-state index in [0.29, 0.717) is 19.3 Å². The smallest absolute Gasteiger partial charge is 0.246 e. The van der Waals surface area contributed by atoms with E-state index in [-0.39, 0.29) is 38.3 Å². The third kappa shape index (κ3) is 11.0. The van der Waals surface area contributed by atoms with Crippen molar-refractivity contribution in [2.24, 2.45) is 23.5 Å². The van der Waals surface area contributed by atoms with Gasteiger partial charge in [0.2, 0.25) is 47.3 Å². The lowest BCUT2D eigenvalue weighted by Crippen LogP contribution is -2.60. The molecule has 0 aromatic heterocycles. The van der Waals surface area contributed by atoms with E-state index >= 15 is 0 Å². The molecule has 0 unspecified atom stereocenters. The number of carbonyl (C=O) groups excluding carboxylic acids is 8. The summed E-state index contributed by atoms with van der Waals surface area (Å²) in [6.45, 7) is 11.1. The number of nitrogens with one attached hydrogen (secondary N) is 5. The number of primary amides is 1. The maximum atomic E-state index is 14.4. The fourth-order valence-corrected chi connectivity index (χ4v) is 7.50. The van der Waals surface area contributed by atoms with Crippen LogP contribution in [-0.2, 0) is 44.8 Å². The molecule has 3 saturated heterocycles. The molecule has 4 rings (SSSR count). The lowest BCUT2D eigenvalue weighted by Gasteiger charge is -2.32. The molecular formula is C39H58N8O8. The zero-order valence-electron chi connectivity index (χ0n) is 32.8. The highest BCUT2D eigenvalue weighted by molar-refractivity contribution is 5.99. The van der Waals surface area contributed by atoms with Crippen LogP contribution in [0.15, 0.2) is 30.3 Å². The van der Waals surface area contributed by atoms with Crippen LogP contribution in [0.1, 0.15) is 85.6 Å². The molecule has 0 spiro atoms. The fraction of sp³-hybridized carbons (Fsp3) is 0.641. The first-order chi connectivity index (χ1) is 26.0. The molecule has 7 N–H and O–H groups in total. The summed E-state index contributed by atoms with van der Waals surface area (Å²) in [6.07, 6.45) is 1.27. The van der Waals surface area contributed by atoms with Crippen molar-refractivity contribution in [1.82, 2.24) is 36.4 Å². The monoisotopic (exact) mass is 766 g/mol. The Balaban J connectivity index is 1.78. The molecule has 0 aliphatic carbocycles. The van der Waals surface area contributed by atoms with Gasteiger partial charge in [0.1, 0.15) is 42.3 Å². The van der Waals surface area contributed by atoms with Crippen molar-refractivity contribution in [2.45, 2.75) is 129 Å². The number of nitrogens with zero attached hydrogens (tertiary/aromatic N) is 2. The minimum atomic E-state index is -1.47. The van der Waals surface area contributed by atoms with E-state index in [1.165, 1.54) is 9.80 Å². The number of fused-ring (bicyclic) bond motifs is 2. The number of benzene rings is 1. The zero-order valence-corrected chi connectivity index (χ0v) is 32.8. The lowest BCUT2D eigenvalue weighted by atomic mass is 9.98. The number of hydrogen-bond donors (Lipinski definition) is 6. The molecule has 7 atom stereocenters. The summed E-state index contributed by atoms with van der Waals surface area (Å²) in [6, 6.07) is 1.16. The molecule has 3 heterocycles. The SMILES string of the molecule is CC(C)C[C@@H]1NC(=O)[C@@H]2CCCN2C(=O)[C@H](C(C)C)NC(=O)[C@H](CC(N)=O)NC(=O)[C@@H]2CCCN2C(=O)[C@H](Cc2ccccc2)NC(=O)[C@H](C(C)C)NC1=O. The van der Waals surface area contributed by atoms with Gasteiger partial charge in [0.05, 0.1) is 6.42 Å². The molecule has 3 fully saturated rings. The highest BCUT2D eigenvalue weighted by Crippen LogP contribution is 2.23. The molecular weight excluding hydrogens is 708 g/mol. The topological polar surface area (TPSA) is 229 Å². The van der Waals surface area contributed by atoms with Gasteiger partial charge in [-0.3, -0.25) is 38.4 Å². The first kappa shape index (κ1) is 42.7. The summed E-state index contributed by atoms with van der Waals surface area (Å²) in [5.74, 6) is -6.17. The third-order valence-corrected chi connectivity index (χ3v) is 10.4. The lowest BCUT2D eigenvalue weighted by molar-refractivity contribution is -0.144. The second kappa shape index (κ2) is 19.0. The highest BCUT2D eigenvalue weighted by Gasteiger charge is 2.43. The number of hydrogen-bond acceptors (Lipinski definition) is 8. The Morgan fingerprint density at radius 3 is 1.65 bits per heavy atom. The van der Waals surface area contributed by atoms with Crippen molar-refractivity contribution in [1.29, 1.82) is 0 Å². The van der Waals surface area contributed by atoms with Gasteiger partial charge in [-0.25, -0.2) is 0 Å². The second-order valence-electron chi connectivity index (χ2n) is 16.0. The number of rotatable bonds is 8. The first-order valence-corrected chi connectivity index (χ1v) is 19.4. The molecule has 0 radical (unpaired) electrons. The minimum Gasteiger partial charge on any atom is -0.370 e. The maximum Gasteiger partial charge on any atom is 0.246 e. The normalized spacial score (nSPS) is 27.9. The predicted octanol–water partition coefficient (Wildman–Crippen LogP) is -0.118. The van der Waals surface area contributed by atoms with Gasteiger partial charge in [0.25, 0.3) is 0 Å². The van der Waals surface area contributed by atoms with Crippen LogP contribution in [0, 0.1) is 17.8 Å². The molecule has 8 amide bonds. The van der Waals surface area contributed by atoms with Crippen molar-refractivity contribution in [3.05, 3.63) is 35.9 Å². The molecule has 302 valence electrons. The molecule has 0 saturated carbocycles. The van der Waals surface area contributed by atoms with Gasteiger partial charge in [-0.2, -0.15) is 0 Å². The number of carbonyl (C=O) groups is 8. The quantitative estimate of drug-likeness (QED) is 0.209. The molecule has 16 nitrogen and oxygen atoms in total. The average Bonchev–Trinajstić information content (AvgIpc) is 3.82. The van der Waals surface area contributed by atoms with E-state index in [9.17, 15) is 38.4 Å².